The molecule has 1 amide bonds. The minimum absolute atomic E-state index is 0.0690. The molecule has 0 aliphatic carbocycles. The van der Waals surface area contributed by atoms with Gasteiger partial charge < -0.3 is 9.47 Å². The topological polar surface area (TPSA) is 56.0 Å². The van der Waals surface area contributed by atoms with E-state index in [2.05, 4.69) is 14.6 Å². The van der Waals surface area contributed by atoms with Gasteiger partial charge in [-0.05, 0) is 26.2 Å². The van der Waals surface area contributed by atoms with Gasteiger partial charge in [0.1, 0.15) is 5.82 Å². The summed E-state index contributed by atoms with van der Waals surface area (Å²) < 4.78 is 3.97. The first-order valence-electron chi connectivity index (χ1n) is 7.73. The lowest BCUT2D eigenvalue weighted by molar-refractivity contribution is 0.0759. The van der Waals surface area contributed by atoms with Crippen molar-refractivity contribution < 1.29 is 4.79 Å². The summed E-state index contributed by atoms with van der Waals surface area (Å²) in [6.07, 6.45) is 5.96. The monoisotopic (exact) mass is 301 g/mol. The number of carbonyl (C=O) groups excluding carboxylic acids is 1. The average Bonchev–Trinajstić information content (AvgIpc) is 3.03. The van der Waals surface area contributed by atoms with Crippen LogP contribution in [0.4, 0.5) is 0 Å². The van der Waals surface area contributed by atoms with Crippen LogP contribution in [-0.2, 0) is 20.0 Å². The first kappa shape index (κ1) is 14.8. The van der Waals surface area contributed by atoms with Gasteiger partial charge in [0, 0.05) is 51.7 Å². The summed E-state index contributed by atoms with van der Waals surface area (Å²) >= 11 is 0. The van der Waals surface area contributed by atoms with E-state index in [4.69, 9.17) is 0 Å². The molecule has 0 fully saturated rings. The Bertz CT molecular complexity index is 699. The summed E-state index contributed by atoms with van der Waals surface area (Å²) in [6, 6.07) is 0. The first-order valence-corrected chi connectivity index (χ1v) is 7.73. The van der Waals surface area contributed by atoms with Crippen LogP contribution in [0.15, 0.2) is 12.4 Å². The SMILES string of the molecule is Cc1nn(C)c(C)c1C(=O)N(C)C[C@H]1CCc2nccn2C1. The molecule has 1 atom stereocenters. The zero-order valence-electron chi connectivity index (χ0n) is 13.7. The molecular formula is C16H23N5O. The third-order valence-corrected chi connectivity index (χ3v) is 4.63. The number of amides is 1. The molecule has 2 aromatic rings. The van der Waals surface area contributed by atoms with Crippen molar-refractivity contribution in [1.29, 1.82) is 0 Å². The van der Waals surface area contributed by atoms with Crippen molar-refractivity contribution >= 4 is 5.91 Å². The Labute approximate surface area is 130 Å². The van der Waals surface area contributed by atoms with Crippen LogP contribution in [0.3, 0.4) is 0 Å². The number of aromatic nitrogens is 4. The molecule has 0 bridgehead atoms. The Morgan fingerprint density at radius 1 is 1.45 bits per heavy atom. The molecule has 22 heavy (non-hydrogen) atoms. The minimum atomic E-state index is 0.0690. The summed E-state index contributed by atoms with van der Waals surface area (Å²) in [5.41, 5.74) is 2.47. The zero-order valence-corrected chi connectivity index (χ0v) is 13.7. The summed E-state index contributed by atoms with van der Waals surface area (Å²) in [7, 11) is 3.76. The lowest BCUT2D eigenvalue weighted by Crippen LogP contribution is -2.35. The molecule has 2 aromatic heterocycles. The lowest BCUT2D eigenvalue weighted by atomic mass is 9.98. The second-order valence-corrected chi connectivity index (χ2v) is 6.26. The van der Waals surface area contributed by atoms with E-state index in [0.29, 0.717) is 5.92 Å². The van der Waals surface area contributed by atoms with E-state index in [1.54, 1.807) is 4.68 Å². The second-order valence-electron chi connectivity index (χ2n) is 6.26. The van der Waals surface area contributed by atoms with Gasteiger partial charge in [-0.25, -0.2) is 4.98 Å². The van der Waals surface area contributed by atoms with Gasteiger partial charge in [-0.15, -0.1) is 0 Å². The van der Waals surface area contributed by atoms with Crippen molar-refractivity contribution in [1.82, 2.24) is 24.2 Å². The van der Waals surface area contributed by atoms with Gasteiger partial charge in [-0.3, -0.25) is 9.48 Å². The van der Waals surface area contributed by atoms with Gasteiger partial charge in [0.05, 0.1) is 11.3 Å². The van der Waals surface area contributed by atoms with Crippen molar-refractivity contribution in [2.75, 3.05) is 13.6 Å². The van der Waals surface area contributed by atoms with Crippen molar-refractivity contribution in [3.63, 3.8) is 0 Å². The predicted molar refractivity (Wildman–Crippen MR) is 83.7 cm³/mol. The molecule has 118 valence electrons. The van der Waals surface area contributed by atoms with E-state index in [1.165, 1.54) is 0 Å². The van der Waals surface area contributed by atoms with Crippen molar-refractivity contribution in [2.45, 2.75) is 33.2 Å². The number of imidazole rings is 1. The molecule has 6 nitrogen and oxygen atoms in total. The standard InChI is InChI=1S/C16H23N5O/c1-11-15(12(2)20(4)18-11)16(22)19(3)9-13-5-6-14-17-7-8-21(14)10-13/h7-8,13H,5-6,9-10H2,1-4H3/t13-/m1/s1. The third kappa shape index (κ3) is 2.53. The molecule has 0 aromatic carbocycles. The predicted octanol–water partition coefficient (Wildman–Crippen LogP) is 1.57. The molecular weight excluding hydrogens is 278 g/mol. The number of rotatable bonds is 3. The quantitative estimate of drug-likeness (QED) is 0.864. The van der Waals surface area contributed by atoms with Crippen LogP contribution in [0.1, 0.15) is 34.0 Å². The van der Waals surface area contributed by atoms with Gasteiger partial charge in [0.2, 0.25) is 0 Å². The Hall–Kier alpha value is -2.11. The maximum atomic E-state index is 12.7. The molecule has 0 saturated carbocycles. The van der Waals surface area contributed by atoms with E-state index in [-0.39, 0.29) is 5.91 Å². The van der Waals surface area contributed by atoms with Crippen LogP contribution in [0.25, 0.3) is 0 Å². The number of hydrogen-bond acceptors (Lipinski definition) is 3. The van der Waals surface area contributed by atoms with Crippen molar-refractivity contribution in [3.8, 4) is 0 Å². The third-order valence-electron chi connectivity index (χ3n) is 4.63. The normalized spacial score (nSPS) is 17.4. The molecule has 3 rings (SSSR count). The maximum Gasteiger partial charge on any atom is 0.257 e. The van der Waals surface area contributed by atoms with Gasteiger partial charge in [0.15, 0.2) is 0 Å². The van der Waals surface area contributed by atoms with E-state index in [0.717, 1.165) is 48.7 Å². The van der Waals surface area contributed by atoms with Crippen LogP contribution < -0.4 is 0 Å². The Kier molecular flexibility index (Phi) is 3.76. The second kappa shape index (κ2) is 5.59. The molecule has 0 saturated heterocycles. The Balaban J connectivity index is 1.70. The molecule has 0 N–H and O–H groups in total. The van der Waals surface area contributed by atoms with Gasteiger partial charge in [0.25, 0.3) is 5.91 Å². The van der Waals surface area contributed by atoms with Crippen LogP contribution in [0.5, 0.6) is 0 Å². The molecule has 6 heteroatoms. The van der Waals surface area contributed by atoms with E-state index < -0.39 is 0 Å². The number of hydrogen-bond donors (Lipinski definition) is 0. The van der Waals surface area contributed by atoms with E-state index in [1.807, 2.05) is 45.2 Å². The highest BCUT2D eigenvalue weighted by Crippen LogP contribution is 2.21. The minimum Gasteiger partial charge on any atom is -0.341 e. The van der Waals surface area contributed by atoms with Crippen LogP contribution >= 0.6 is 0 Å². The molecule has 1 aliphatic heterocycles. The average molecular weight is 301 g/mol. The van der Waals surface area contributed by atoms with Crippen LogP contribution in [0.2, 0.25) is 0 Å². The molecule has 0 radical (unpaired) electrons. The van der Waals surface area contributed by atoms with Gasteiger partial charge >= 0.3 is 0 Å². The summed E-state index contributed by atoms with van der Waals surface area (Å²) in [4.78, 5) is 18.9. The van der Waals surface area contributed by atoms with Gasteiger partial charge in [-0.1, -0.05) is 0 Å². The zero-order chi connectivity index (χ0) is 15.9. The maximum absolute atomic E-state index is 12.7. The highest BCUT2D eigenvalue weighted by molar-refractivity contribution is 5.96. The molecule has 0 unspecified atom stereocenters. The highest BCUT2D eigenvalue weighted by Gasteiger charge is 2.25. The molecule has 0 spiro atoms. The summed E-state index contributed by atoms with van der Waals surface area (Å²) in [5.74, 6) is 1.71. The fourth-order valence-electron chi connectivity index (χ4n) is 3.33. The number of carbonyl (C=O) groups is 1. The number of nitrogens with zero attached hydrogens (tertiary/aromatic N) is 5. The fourth-order valence-corrected chi connectivity index (χ4v) is 3.33. The van der Waals surface area contributed by atoms with E-state index >= 15 is 0 Å². The largest absolute Gasteiger partial charge is 0.341 e. The lowest BCUT2D eigenvalue weighted by Gasteiger charge is -2.28. The summed E-state index contributed by atoms with van der Waals surface area (Å²) in [5, 5.41) is 4.34. The number of fused-ring (bicyclic) bond motifs is 1. The molecule has 3 heterocycles. The van der Waals surface area contributed by atoms with Crippen molar-refractivity contribution in [3.05, 3.63) is 35.2 Å². The van der Waals surface area contributed by atoms with Crippen molar-refractivity contribution in [2.24, 2.45) is 13.0 Å². The Morgan fingerprint density at radius 2 is 2.23 bits per heavy atom. The smallest absolute Gasteiger partial charge is 0.257 e. The fraction of sp³-hybridized carbons (Fsp3) is 0.562. The first-order chi connectivity index (χ1) is 10.5. The molecule has 1 aliphatic rings. The van der Waals surface area contributed by atoms with Crippen LogP contribution in [0, 0.1) is 19.8 Å². The van der Waals surface area contributed by atoms with Gasteiger partial charge in [-0.2, -0.15) is 5.10 Å². The highest BCUT2D eigenvalue weighted by atomic mass is 16.2. The summed E-state index contributed by atoms with van der Waals surface area (Å²) in [6.45, 7) is 5.55. The van der Waals surface area contributed by atoms with Crippen LogP contribution in [-0.4, -0.2) is 43.7 Å². The number of aryl methyl sites for hydroxylation is 3. The van der Waals surface area contributed by atoms with E-state index in [9.17, 15) is 4.79 Å². The Morgan fingerprint density at radius 3 is 2.91 bits per heavy atom.